The first-order valence-corrected chi connectivity index (χ1v) is 7.04. The van der Waals surface area contributed by atoms with Gasteiger partial charge in [-0.3, -0.25) is 4.79 Å². The Balaban J connectivity index is 2.27. The molecule has 2 heteroatoms. The highest BCUT2D eigenvalue weighted by Crippen LogP contribution is 2.35. The number of ketones is 1. The summed E-state index contributed by atoms with van der Waals surface area (Å²) in [5.74, 6) is 1.09. The maximum atomic E-state index is 12.7. The summed E-state index contributed by atoms with van der Waals surface area (Å²) in [6.07, 6.45) is 5.82. The monoisotopic (exact) mass is 245 g/mol. The molecular weight excluding hydrogens is 222 g/mol. The zero-order valence-electron chi connectivity index (χ0n) is 11.4. The minimum atomic E-state index is 0.212. The van der Waals surface area contributed by atoms with Crippen LogP contribution in [0, 0.1) is 18.8 Å². The Kier molecular flexibility index (Phi) is 4.05. The predicted octanol–water partition coefficient (Wildman–Crippen LogP) is 3.98. The van der Waals surface area contributed by atoms with Crippen LogP contribution in [0.25, 0.3) is 0 Å². The second-order valence-corrected chi connectivity index (χ2v) is 5.44. The fourth-order valence-electron chi connectivity index (χ4n) is 3.16. The van der Waals surface area contributed by atoms with E-state index < -0.39 is 0 Å². The van der Waals surface area contributed by atoms with Crippen LogP contribution >= 0.6 is 0 Å². The molecule has 18 heavy (non-hydrogen) atoms. The topological polar surface area (TPSA) is 43.1 Å². The Morgan fingerprint density at radius 3 is 2.78 bits per heavy atom. The zero-order valence-corrected chi connectivity index (χ0v) is 11.4. The van der Waals surface area contributed by atoms with Crippen LogP contribution in [0.1, 0.15) is 54.9 Å². The Morgan fingerprint density at radius 2 is 2.06 bits per heavy atom. The molecule has 2 nitrogen and oxygen atoms in total. The summed E-state index contributed by atoms with van der Waals surface area (Å²) in [5.41, 5.74) is 8.41. The van der Waals surface area contributed by atoms with Crippen molar-refractivity contribution in [1.82, 2.24) is 0 Å². The summed E-state index contributed by atoms with van der Waals surface area (Å²) < 4.78 is 0. The van der Waals surface area contributed by atoms with Gasteiger partial charge in [0.2, 0.25) is 0 Å². The summed E-state index contributed by atoms with van der Waals surface area (Å²) in [5, 5.41) is 0. The molecule has 1 aromatic rings. The van der Waals surface area contributed by atoms with Gasteiger partial charge in [0.05, 0.1) is 0 Å². The summed E-state index contributed by atoms with van der Waals surface area (Å²) in [6.45, 7) is 4.15. The summed E-state index contributed by atoms with van der Waals surface area (Å²) >= 11 is 0. The molecule has 0 heterocycles. The molecule has 1 aliphatic carbocycles. The zero-order chi connectivity index (χ0) is 13.1. The summed E-state index contributed by atoms with van der Waals surface area (Å²) in [7, 11) is 0. The molecule has 1 fully saturated rings. The molecule has 0 amide bonds. The molecule has 0 aromatic heterocycles. The van der Waals surface area contributed by atoms with Crippen LogP contribution in [-0.4, -0.2) is 5.78 Å². The van der Waals surface area contributed by atoms with Crippen LogP contribution in [0.2, 0.25) is 0 Å². The van der Waals surface area contributed by atoms with Crippen LogP contribution in [0.15, 0.2) is 18.2 Å². The van der Waals surface area contributed by atoms with Crippen LogP contribution < -0.4 is 5.73 Å². The molecule has 0 radical (unpaired) electrons. The molecule has 1 aromatic carbocycles. The van der Waals surface area contributed by atoms with Crippen LogP contribution in [0.5, 0.6) is 0 Å². The predicted molar refractivity (Wildman–Crippen MR) is 75.7 cm³/mol. The van der Waals surface area contributed by atoms with E-state index in [0.29, 0.717) is 11.7 Å². The van der Waals surface area contributed by atoms with Gasteiger partial charge in [-0.1, -0.05) is 38.3 Å². The van der Waals surface area contributed by atoms with Gasteiger partial charge in [0.1, 0.15) is 0 Å². The van der Waals surface area contributed by atoms with Crippen molar-refractivity contribution in [3.05, 3.63) is 29.3 Å². The third kappa shape index (κ3) is 2.43. The molecule has 0 spiro atoms. The largest absolute Gasteiger partial charge is 0.398 e. The summed E-state index contributed by atoms with van der Waals surface area (Å²) in [4.78, 5) is 12.7. The number of Topliss-reactive ketones (excluding diaryl/α,β-unsaturated/α-hetero) is 1. The van der Waals surface area contributed by atoms with Gasteiger partial charge < -0.3 is 5.73 Å². The van der Waals surface area contributed by atoms with E-state index in [4.69, 9.17) is 5.73 Å². The van der Waals surface area contributed by atoms with Crippen LogP contribution in [0.3, 0.4) is 0 Å². The fraction of sp³-hybridized carbons (Fsp3) is 0.562. The molecule has 98 valence electrons. The van der Waals surface area contributed by atoms with E-state index >= 15 is 0 Å². The lowest BCUT2D eigenvalue weighted by atomic mass is 9.74. The lowest BCUT2D eigenvalue weighted by Gasteiger charge is -2.30. The Labute approximate surface area is 110 Å². The van der Waals surface area contributed by atoms with Gasteiger partial charge in [0.15, 0.2) is 5.78 Å². The van der Waals surface area contributed by atoms with Crippen LogP contribution in [0.4, 0.5) is 5.69 Å². The number of carbonyl (C=O) groups is 1. The van der Waals surface area contributed by atoms with Crippen molar-refractivity contribution in [2.24, 2.45) is 11.8 Å². The van der Waals surface area contributed by atoms with Gasteiger partial charge in [0, 0.05) is 17.2 Å². The lowest BCUT2D eigenvalue weighted by Crippen LogP contribution is -2.27. The van der Waals surface area contributed by atoms with E-state index in [0.717, 1.165) is 29.7 Å². The van der Waals surface area contributed by atoms with E-state index in [1.807, 2.05) is 25.1 Å². The van der Waals surface area contributed by atoms with Crippen molar-refractivity contribution in [2.45, 2.75) is 46.0 Å². The highest BCUT2D eigenvalue weighted by molar-refractivity contribution is 6.00. The quantitative estimate of drug-likeness (QED) is 0.646. The lowest BCUT2D eigenvalue weighted by molar-refractivity contribution is 0.0819. The molecule has 0 saturated heterocycles. The standard InChI is InChI=1S/C16H23NO/c1-3-12-7-4-5-8-14(12)16(18)13-9-6-10-15(17)11(13)2/h6,9-10,12,14H,3-5,7-8,17H2,1-2H3. The van der Waals surface area contributed by atoms with E-state index in [9.17, 15) is 4.79 Å². The number of rotatable bonds is 3. The van der Waals surface area contributed by atoms with E-state index in [1.54, 1.807) is 0 Å². The third-order valence-corrected chi connectivity index (χ3v) is 4.41. The minimum Gasteiger partial charge on any atom is -0.398 e. The molecule has 2 unspecified atom stereocenters. The minimum absolute atomic E-state index is 0.212. The molecule has 1 aliphatic rings. The van der Waals surface area contributed by atoms with Crippen molar-refractivity contribution < 1.29 is 4.79 Å². The van der Waals surface area contributed by atoms with Gasteiger partial charge in [0.25, 0.3) is 0 Å². The second-order valence-electron chi connectivity index (χ2n) is 5.44. The number of benzene rings is 1. The first kappa shape index (κ1) is 13.1. The maximum absolute atomic E-state index is 12.7. The first-order chi connectivity index (χ1) is 8.65. The molecule has 0 bridgehead atoms. The maximum Gasteiger partial charge on any atom is 0.166 e. The molecule has 2 rings (SSSR count). The molecule has 2 atom stereocenters. The Hall–Kier alpha value is -1.31. The van der Waals surface area contributed by atoms with Crippen molar-refractivity contribution in [3.63, 3.8) is 0 Å². The number of carbonyl (C=O) groups excluding carboxylic acids is 1. The highest BCUT2D eigenvalue weighted by atomic mass is 16.1. The van der Waals surface area contributed by atoms with Gasteiger partial charge in [-0.2, -0.15) is 0 Å². The number of hydrogen-bond donors (Lipinski definition) is 1. The number of anilines is 1. The van der Waals surface area contributed by atoms with E-state index in [-0.39, 0.29) is 5.92 Å². The Morgan fingerprint density at radius 1 is 1.33 bits per heavy atom. The highest BCUT2D eigenvalue weighted by Gasteiger charge is 2.30. The van der Waals surface area contributed by atoms with Crippen molar-refractivity contribution >= 4 is 11.5 Å². The average molecular weight is 245 g/mol. The number of hydrogen-bond acceptors (Lipinski definition) is 2. The normalized spacial score (nSPS) is 23.9. The van der Waals surface area contributed by atoms with Crippen LogP contribution in [-0.2, 0) is 0 Å². The van der Waals surface area contributed by atoms with Gasteiger partial charge in [-0.15, -0.1) is 0 Å². The molecular formula is C16H23NO. The smallest absolute Gasteiger partial charge is 0.166 e. The van der Waals surface area contributed by atoms with Gasteiger partial charge in [-0.25, -0.2) is 0 Å². The molecule has 0 aliphatic heterocycles. The van der Waals surface area contributed by atoms with Gasteiger partial charge in [-0.05, 0) is 37.3 Å². The van der Waals surface area contributed by atoms with Gasteiger partial charge >= 0.3 is 0 Å². The first-order valence-electron chi connectivity index (χ1n) is 7.04. The third-order valence-electron chi connectivity index (χ3n) is 4.41. The Bertz CT molecular complexity index is 439. The molecule has 1 saturated carbocycles. The number of nitrogens with two attached hydrogens (primary N) is 1. The van der Waals surface area contributed by atoms with E-state index in [1.165, 1.54) is 19.3 Å². The van der Waals surface area contributed by atoms with Crippen molar-refractivity contribution in [1.29, 1.82) is 0 Å². The SMILES string of the molecule is CCC1CCCCC1C(=O)c1cccc(N)c1C. The van der Waals surface area contributed by atoms with E-state index in [2.05, 4.69) is 6.92 Å². The summed E-state index contributed by atoms with van der Waals surface area (Å²) in [6, 6.07) is 5.68. The number of nitrogen functional groups attached to an aromatic ring is 1. The van der Waals surface area contributed by atoms with Crippen molar-refractivity contribution in [3.8, 4) is 0 Å². The van der Waals surface area contributed by atoms with Crippen molar-refractivity contribution in [2.75, 3.05) is 5.73 Å². The fourth-order valence-corrected chi connectivity index (χ4v) is 3.16. The second kappa shape index (κ2) is 5.55. The average Bonchev–Trinajstić information content (AvgIpc) is 2.41. The molecule has 2 N–H and O–H groups in total.